The highest BCUT2D eigenvalue weighted by Gasteiger charge is 2.16. The molecule has 138 valence electrons. The van der Waals surface area contributed by atoms with Crippen LogP contribution in [0, 0.1) is 17.2 Å². The van der Waals surface area contributed by atoms with E-state index in [0.717, 1.165) is 10.8 Å². The van der Waals surface area contributed by atoms with Crippen molar-refractivity contribution in [3.8, 4) is 0 Å². The fourth-order valence-corrected chi connectivity index (χ4v) is 3.98. The average molecular weight is 376 g/mol. The van der Waals surface area contributed by atoms with E-state index in [0.29, 0.717) is 12.1 Å². The van der Waals surface area contributed by atoms with Crippen LogP contribution in [0.2, 0.25) is 0 Å². The van der Waals surface area contributed by atoms with Crippen molar-refractivity contribution in [3.63, 3.8) is 0 Å². The highest BCUT2D eigenvalue weighted by atomic mass is 32.2. The van der Waals surface area contributed by atoms with Crippen molar-refractivity contribution in [2.75, 3.05) is 5.75 Å². The summed E-state index contributed by atoms with van der Waals surface area (Å²) in [5, 5.41) is 8.99. The second-order valence-corrected chi connectivity index (χ2v) is 10.6. The lowest BCUT2D eigenvalue weighted by atomic mass is 10.1. The van der Waals surface area contributed by atoms with E-state index in [9.17, 15) is 16.8 Å². The molecule has 0 heterocycles. The van der Waals surface area contributed by atoms with Crippen molar-refractivity contribution < 1.29 is 16.8 Å². The Morgan fingerprint density at radius 1 is 1.04 bits per heavy atom. The first-order valence-corrected chi connectivity index (χ1v) is 11.2. The number of nitrogens with one attached hydrogen (secondary N) is 1. The Morgan fingerprint density at radius 2 is 1.62 bits per heavy atom. The number of rotatable bonds is 11. The molecule has 0 aromatic rings. The lowest BCUT2D eigenvalue weighted by molar-refractivity contribution is 0.580. The van der Waals surface area contributed by atoms with Crippen molar-refractivity contribution in [3.05, 3.63) is 35.6 Å². The Kier molecular flexibility index (Phi) is 9.43. The molecule has 5 nitrogen and oxygen atoms in total. The molecular weight excluding hydrogens is 346 g/mol. The fourth-order valence-electron chi connectivity index (χ4n) is 1.83. The van der Waals surface area contributed by atoms with E-state index in [1.807, 2.05) is 26.8 Å². The van der Waals surface area contributed by atoms with Crippen molar-refractivity contribution >= 4 is 25.4 Å². The minimum atomic E-state index is -3.38. The zero-order chi connectivity index (χ0) is 19.0. The van der Waals surface area contributed by atoms with E-state index in [2.05, 4.69) is 6.58 Å². The molecule has 0 radical (unpaired) electrons. The van der Waals surface area contributed by atoms with Gasteiger partial charge in [0.1, 0.15) is 0 Å². The van der Waals surface area contributed by atoms with Crippen LogP contribution in [0.3, 0.4) is 0 Å². The molecule has 0 aromatic carbocycles. The number of sulfone groups is 2. The van der Waals surface area contributed by atoms with Gasteiger partial charge in [-0.05, 0) is 37.7 Å². The van der Waals surface area contributed by atoms with E-state index < -0.39 is 24.9 Å². The first-order chi connectivity index (χ1) is 10.9. The van der Waals surface area contributed by atoms with E-state index in [-0.39, 0.29) is 24.0 Å². The van der Waals surface area contributed by atoms with Gasteiger partial charge in [0.2, 0.25) is 0 Å². The molecule has 0 rings (SSSR count). The number of allylic oxidation sites excluding steroid dienone is 3. The maximum atomic E-state index is 12.0. The molecule has 7 heteroatoms. The van der Waals surface area contributed by atoms with Crippen LogP contribution in [-0.4, -0.2) is 33.6 Å². The lowest BCUT2D eigenvalue weighted by Crippen LogP contribution is -2.14. The van der Waals surface area contributed by atoms with Crippen LogP contribution in [0.4, 0.5) is 0 Å². The Hall–Kier alpha value is -1.21. The minimum absolute atomic E-state index is 0.00849. The summed E-state index contributed by atoms with van der Waals surface area (Å²) in [6.07, 6.45) is 5.63. The minimum Gasteiger partial charge on any atom is -0.305 e. The number of hydrogen-bond donors (Lipinski definition) is 1. The van der Waals surface area contributed by atoms with Gasteiger partial charge in [-0.2, -0.15) is 0 Å². The van der Waals surface area contributed by atoms with Gasteiger partial charge in [0, 0.05) is 16.5 Å². The van der Waals surface area contributed by atoms with Crippen molar-refractivity contribution in [2.45, 2.75) is 45.8 Å². The molecule has 0 amide bonds. The van der Waals surface area contributed by atoms with Crippen LogP contribution < -0.4 is 0 Å². The Labute approximate surface area is 146 Å². The average Bonchev–Trinajstić information content (AvgIpc) is 2.45. The predicted octanol–water partition coefficient (Wildman–Crippen LogP) is 3.51. The zero-order valence-corrected chi connectivity index (χ0v) is 16.5. The van der Waals surface area contributed by atoms with Gasteiger partial charge in [-0.25, -0.2) is 16.8 Å². The molecule has 0 aromatic heterocycles. The molecular formula is C17H29NO4S2. The molecule has 0 aliphatic carbocycles. The third-order valence-corrected chi connectivity index (χ3v) is 6.96. The molecule has 2 unspecified atom stereocenters. The van der Waals surface area contributed by atoms with Gasteiger partial charge < -0.3 is 5.41 Å². The monoisotopic (exact) mass is 375 g/mol. The summed E-state index contributed by atoms with van der Waals surface area (Å²) in [4.78, 5) is 0. The molecule has 2 atom stereocenters. The first kappa shape index (κ1) is 22.8. The van der Waals surface area contributed by atoms with Crippen molar-refractivity contribution in [1.29, 1.82) is 5.41 Å². The van der Waals surface area contributed by atoms with Crippen molar-refractivity contribution in [2.24, 2.45) is 11.8 Å². The molecule has 0 aliphatic rings. The lowest BCUT2D eigenvalue weighted by Gasteiger charge is -2.08. The SMILES string of the molecule is C=CS(=O)(=O)C(C)C/C=C/S(=O)(=O)CC(C)C/C=C/C(=N)C(C)C. The maximum Gasteiger partial charge on any atom is 0.173 e. The standard InChI is InChI=1S/C17H29NO4S2/c1-6-24(21,22)16(5)10-8-12-23(19,20)13-15(4)9-7-11-17(18)14(2)3/h6-8,11-12,14-16,18H,1,9-10,13H2,2-5H3/b11-7+,12-8+,18-17?. The summed E-state index contributed by atoms with van der Waals surface area (Å²) in [5.74, 6) is 0.0630. The summed E-state index contributed by atoms with van der Waals surface area (Å²) in [7, 11) is -6.76. The van der Waals surface area contributed by atoms with Crippen LogP contribution in [-0.2, 0) is 19.7 Å². The highest BCUT2D eigenvalue weighted by Crippen LogP contribution is 2.12. The first-order valence-electron chi connectivity index (χ1n) is 7.92. The summed E-state index contributed by atoms with van der Waals surface area (Å²) in [5.41, 5.74) is 0.516. The molecule has 0 aliphatic heterocycles. The largest absolute Gasteiger partial charge is 0.305 e. The van der Waals surface area contributed by atoms with Crippen LogP contribution in [0.1, 0.15) is 40.5 Å². The van der Waals surface area contributed by atoms with Gasteiger partial charge >= 0.3 is 0 Å². The molecule has 0 spiro atoms. The van der Waals surface area contributed by atoms with Crippen LogP contribution in [0.15, 0.2) is 35.6 Å². The predicted molar refractivity (Wildman–Crippen MR) is 102 cm³/mol. The maximum absolute atomic E-state index is 12.0. The van der Waals surface area contributed by atoms with Gasteiger partial charge in [-0.15, -0.1) is 0 Å². The molecule has 0 fully saturated rings. The smallest absolute Gasteiger partial charge is 0.173 e. The van der Waals surface area contributed by atoms with Crippen LogP contribution in [0.25, 0.3) is 0 Å². The van der Waals surface area contributed by atoms with Crippen LogP contribution >= 0.6 is 0 Å². The Bertz CT molecular complexity index is 686. The zero-order valence-electron chi connectivity index (χ0n) is 14.9. The summed E-state index contributed by atoms with van der Waals surface area (Å²) < 4.78 is 47.1. The van der Waals surface area contributed by atoms with E-state index >= 15 is 0 Å². The van der Waals surface area contributed by atoms with E-state index in [1.54, 1.807) is 6.08 Å². The van der Waals surface area contributed by atoms with Gasteiger partial charge in [0.05, 0.1) is 11.0 Å². The van der Waals surface area contributed by atoms with Crippen LogP contribution in [0.5, 0.6) is 0 Å². The van der Waals surface area contributed by atoms with Gasteiger partial charge in [-0.3, -0.25) is 0 Å². The summed E-state index contributed by atoms with van der Waals surface area (Å²) >= 11 is 0. The summed E-state index contributed by atoms with van der Waals surface area (Å²) in [6.45, 7) is 10.5. The molecule has 1 N–H and O–H groups in total. The molecule has 0 bridgehead atoms. The Balaban J connectivity index is 4.56. The fraction of sp³-hybridized carbons (Fsp3) is 0.588. The highest BCUT2D eigenvalue weighted by molar-refractivity contribution is 7.95. The second kappa shape index (κ2) is 9.93. The second-order valence-electron chi connectivity index (χ2n) is 6.36. The molecule has 0 saturated heterocycles. The number of hydrogen-bond acceptors (Lipinski definition) is 5. The molecule has 0 saturated carbocycles. The quantitative estimate of drug-likeness (QED) is 0.559. The third kappa shape index (κ3) is 9.17. The Morgan fingerprint density at radius 3 is 2.12 bits per heavy atom. The van der Waals surface area contributed by atoms with Gasteiger partial charge in [-0.1, -0.05) is 39.5 Å². The van der Waals surface area contributed by atoms with E-state index in [4.69, 9.17) is 5.41 Å². The molecule has 24 heavy (non-hydrogen) atoms. The normalized spacial score (nSPS) is 15.9. The van der Waals surface area contributed by atoms with Crippen molar-refractivity contribution in [1.82, 2.24) is 0 Å². The van der Waals surface area contributed by atoms with E-state index in [1.165, 1.54) is 13.0 Å². The topological polar surface area (TPSA) is 92.1 Å². The third-order valence-electron chi connectivity index (χ3n) is 3.54. The summed E-state index contributed by atoms with van der Waals surface area (Å²) in [6, 6.07) is 0. The van der Waals surface area contributed by atoms with Gasteiger partial charge in [0.25, 0.3) is 0 Å². The van der Waals surface area contributed by atoms with Gasteiger partial charge in [0.15, 0.2) is 19.7 Å².